The second-order valence-electron chi connectivity index (χ2n) is 15.4. The van der Waals surface area contributed by atoms with Gasteiger partial charge in [0.1, 0.15) is 6.61 Å². The molecule has 0 aromatic carbocycles. The molecule has 8 rings (SSSR count). The largest absolute Gasteiger partial charge is 0.461 e. The first-order chi connectivity index (χ1) is 19.3. The summed E-state index contributed by atoms with van der Waals surface area (Å²) in [4.78, 5) is 27.1. The van der Waals surface area contributed by atoms with Crippen molar-refractivity contribution in [3.8, 4) is 0 Å². The number of alkyl halides is 2. The molecule has 10 nitrogen and oxygen atoms in total. The highest BCUT2D eigenvalue weighted by atomic mass is 32.2. The average molecular weight is 621 g/mol. The number of rotatable bonds is 10. The van der Waals surface area contributed by atoms with Gasteiger partial charge >= 0.3 is 18.0 Å². The van der Waals surface area contributed by atoms with Crippen molar-refractivity contribution in [3.05, 3.63) is 0 Å². The summed E-state index contributed by atoms with van der Waals surface area (Å²) in [6.07, 6.45) is 1.09. The van der Waals surface area contributed by atoms with Crippen LogP contribution in [-0.4, -0.2) is 76.5 Å². The first kappa shape index (κ1) is 30.6. The van der Waals surface area contributed by atoms with Crippen LogP contribution in [0.4, 0.5) is 8.78 Å². The molecule has 0 aromatic rings. The summed E-state index contributed by atoms with van der Waals surface area (Å²) in [5, 5.41) is 22.1. The third-order valence-electron chi connectivity index (χ3n) is 11.4. The van der Waals surface area contributed by atoms with Gasteiger partial charge in [0.05, 0.1) is 28.6 Å². The van der Waals surface area contributed by atoms with Crippen LogP contribution in [0.2, 0.25) is 0 Å². The van der Waals surface area contributed by atoms with E-state index in [9.17, 15) is 41.6 Å². The van der Waals surface area contributed by atoms with Crippen LogP contribution in [-0.2, 0) is 33.9 Å². The van der Waals surface area contributed by atoms with E-state index >= 15 is 0 Å². The fourth-order valence-electron chi connectivity index (χ4n) is 10.1. The van der Waals surface area contributed by atoms with E-state index in [1.165, 1.54) is 0 Å². The summed E-state index contributed by atoms with van der Waals surface area (Å²) < 4.78 is 75.6. The summed E-state index contributed by atoms with van der Waals surface area (Å²) in [6, 6.07) is 0. The van der Waals surface area contributed by atoms with Crippen molar-refractivity contribution >= 4 is 22.1 Å². The Morgan fingerprint density at radius 2 is 1.24 bits per heavy atom. The predicted octanol–water partition coefficient (Wildman–Crippen LogP) is 3.38. The van der Waals surface area contributed by atoms with Gasteiger partial charge in [0, 0.05) is 0 Å². The SMILES string of the molecule is CC(C)(C(F)(F)OCC(COC(=O)C12CC3CC(CC(O)(C3)C1)C2)OC(=O)C12CC3CC(CC(O)(C3)C1)C2)S(=O)(=O)O. The van der Waals surface area contributed by atoms with E-state index in [2.05, 4.69) is 4.74 Å². The lowest BCUT2D eigenvalue weighted by molar-refractivity contribution is -0.270. The molecule has 0 aromatic heterocycles. The Hall–Kier alpha value is -1.41. The molecule has 0 saturated heterocycles. The smallest absolute Gasteiger partial charge is 0.377 e. The van der Waals surface area contributed by atoms with Gasteiger partial charge in [-0.2, -0.15) is 17.2 Å². The maximum absolute atomic E-state index is 14.9. The van der Waals surface area contributed by atoms with Gasteiger partial charge in [0.2, 0.25) is 0 Å². The summed E-state index contributed by atoms with van der Waals surface area (Å²) in [5.41, 5.74) is -3.79. The van der Waals surface area contributed by atoms with E-state index in [0.29, 0.717) is 65.2 Å². The maximum atomic E-state index is 14.9. The molecule has 0 spiro atoms. The summed E-state index contributed by atoms with van der Waals surface area (Å²) >= 11 is 0. The quantitative estimate of drug-likeness (QED) is 0.244. The lowest BCUT2D eigenvalue weighted by atomic mass is 9.48. The standard InChI is InChI=1S/C29H42F2O10S/c1-24(2,42(36,37)38)29(30,31)40-14-21(41-23(33)26-7-19-4-20(8-26)12-28(35,11-19)16-26)13-39-22(32)25-5-17-3-18(6-25)10-27(34,9-17)15-25/h17-21,34-35H,3-16H2,1-2H3,(H,36,37,38). The molecule has 0 amide bonds. The highest BCUT2D eigenvalue weighted by Gasteiger charge is 2.63. The van der Waals surface area contributed by atoms with Gasteiger partial charge in [-0.05, 0) is 115 Å². The zero-order chi connectivity index (χ0) is 30.6. The second kappa shape index (κ2) is 9.55. The lowest BCUT2D eigenvalue weighted by Gasteiger charge is -2.59. The van der Waals surface area contributed by atoms with Gasteiger partial charge in [-0.1, -0.05) is 0 Å². The van der Waals surface area contributed by atoms with Crippen LogP contribution in [0.5, 0.6) is 0 Å². The van der Waals surface area contributed by atoms with Gasteiger partial charge < -0.3 is 24.4 Å². The normalized spacial score (nSPS) is 42.9. The molecular formula is C29H42F2O10S. The Kier molecular flexibility index (Phi) is 6.96. The van der Waals surface area contributed by atoms with Crippen molar-refractivity contribution in [2.45, 2.75) is 119 Å². The molecule has 0 heterocycles. The van der Waals surface area contributed by atoms with Gasteiger partial charge in [-0.25, -0.2) is 0 Å². The van der Waals surface area contributed by atoms with E-state index in [-0.39, 0.29) is 36.5 Å². The lowest BCUT2D eigenvalue weighted by Crippen LogP contribution is -2.59. The molecule has 13 heteroatoms. The van der Waals surface area contributed by atoms with Gasteiger partial charge in [-0.3, -0.25) is 14.1 Å². The van der Waals surface area contributed by atoms with Crippen LogP contribution in [0.3, 0.4) is 0 Å². The second-order valence-corrected chi connectivity index (χ2v) is 17.3. The minimum absolute atomic E-state index is 0.151. The number of halogens is 2. The Morgan fingerprint density at radius 3 is 1.64 bits per heavy atom. The number of hydrogen-bond donors (Lipinski definition) is 3. The highest BCUT2D eigenvalue weighted by molar-refractivity contribution is 7.87. The Balaban J connectivity index is 1.18. The van der Waals surface area contributed by atoms with Crippen molar-refractivity contribution < 1.29 is 55.8 Å². The fourth-order valence-corrected chi connectivity index (χ4v) is 10.5. The van der Waals surface area contributed by atoms with Crippen molar-refractivity contribution in [1.82, 2.24) is 0 Å². The van der Waals surface area contributed by atoms with Crippen LogP contribution >= 0.6 is 0 Å². The van der Waals surface area contributed by atoms with E-state index in [0.717, 1.165) is 12.8 Å². The molecule has 5 atom stereocenters. The molecule has 8 aliphatic carbocycles. The Morgan fingerprint density at radius 1 is 0.810 bits per heavy atom. The van der Waals surface area contributed by atoms with Gasteiger partial charge in [0.25, 0.3) is 10.1 Å². The van der Waals surface area contributed by atoms with Crippen LogP contribution in [0.1, 0.15) is 90.9 Å². The fraction of sp³-hybridized carbons (Fsp3) is 0.931. The first-order valence-electron chi connectivity index (χ1n) is 15.1. The Bertz CT molecular complexity index is 1220. The monoisotopic (exact) mass is 620 g/mol. The number of hydrogen-bond acceptors (Lipinski definition) is 9. The molecule has 8 aliphatic rings. The van der Waals surface area contributed by atoms with Crippen molar-refractivity contribution in [2.24, 2.45) is 34.5 Å². The summed E-state index contributed by atoms with van der Waals surface area (Å²) in [5.74, 6) is -0.560. The van der Waals surface area contributed by atoms with E-state index in [1.54, 1.807) is 0 Å². The van der Waals surface area contributed by atoms with Crippen LogP contribution < -0.4 is 0 Å². The summed E-state index contributed by atoms with van der Waals surface area (Å²) in [6.45, 7) is -0.384. The van der Waals surface area contributed by atoms with E-state index in [4.69, 9.17) is 9.47 Å². The third-order valence-corrected chi connectivity index (χ3v) is 12.9. The molecule has 238 valence electrons. The number of esters is 2. The molecular weight excluding hydrogens is 578 g/mol. The molecule has 0 radical (unpaired) electrons. The Labute approximate surface area is 244 Å². The zero-order valence-corrected chi connectivity index (χ0v) is 25.0. The molecule has 8 fully saturated rings. The van der Waals surface area contributed by atoms with Gasteiger partial charge in [-0.15, -0.1) is 0 Å². The van der Waals surface area contributed by atoms with Crippen LogP contribution in [0.25, 0.3) is 0 Å². The zero-order valence-electron chi connectivity index (χ0n) is 24.1. The summed E-state index contributed by atoms with van der Waals surface area (Å²) in [7, 11) is -5.25. The highest BCUT2D eigenvalue weighted by Crippen LogP contribution is 2.63. The molecule has 8 saturated carbocycles. The van der Waals surface area contributed by atoms with Gasteiger partial charge in [0.15, 0.2) is 10.9 Å². The molecule has 8 bridgehead atoms. The van der Waals surface area contributed by atoms with Crippen molar-refractivity contribution in [1.29, 1.82) is 0 Å². The average Bonchev–Trinajstić information content (AvgIpc) is 2.81. The molecule has 42 heavy (non-hydrogen) atoms. The number of carbonyl (C=O) groups excluding carboxylic acids is 2. The first-order valence-corrected chi connectivity index (χ1v) is 16.5. The minimum Gasteiger partial charge on any atom is -0.461 e. The number of ether oxygens (including phenoxy) is 3. The molecule has 5 unspecified atom stereocenters. The van der Waals surface area contributed by atoms with Crippen LogP contribution in [0, 0.1) is 34.5 Å². The minimum atomic E-state index is -5.25. The van der Waals surface area contributed by atoms with E-state index < -0.39 is 74.3 Å². The molecule has 0 aliphatic heterocycles. The predicted molar refractivity (Wildman–Crippen MR) is 141 cm³/mol. The maximum Gasteiger partial charge on any atom is 0.377 e. The topological polar surface area (TPSA) is 157 Å². The van der Waals surface area contributed by atoms with Crippen LogP contribution in [0.15, 0.2) is 0 Å². The number of aliphatic hydroxyl groups is 2. The number of carbonyl (C=O) groups is 2. The molecule has 3 N–H and O–H groups in total. The van der Waals surface area contributed by atoms with Crippen molar-refractivity contribution in [2.75, 3.05) is 13.2 Å². The van der Waals surface area contributed by atoms with Crippen molar-refractivity contribution in [3.63, 3.8) is 0 Å². The van der Waals surface area contributed by atoms with E-state index in [1.807, 2.05) is 0 Å². The third kappa shape index (κ3) is 5.08.